The number of anilines is 1. The molecule has 8 nitrogen and oxygen atoms in total. The summed E-state index contributed by atoms with van der Waals surface area (Å²) < 4.78 is 5.17. The van der Waals surface area contributed by atoms with Crippen LogP contribution in [-0.2, 0) is 0 Å². The van der Waals surface area contributed by atoms with Gasteiger partial charge in [-0.25, -0.2) is 4.79 Å². The summed E-state index contributed by atoms with van der Waals surface area (Å²) in [5.74, 6) is 0.193. The van der Waals surface area contributed by atoms with E-state index in [1.807, 2.05) is 25.1 Å². The number of hydrogen-bond acceptors (Lipinski definition) is 7. The molecule has 3 aromatic rings. The minimum absolute atomic E-state index is 0.193. The first-order chi connectivity index (χ1) is 10.7. The van der Waals surface area contributed by atoms with Gasteiger partial charge in [-0.2, -0.15) is 10.5 Å². The van der Waals surface area contributed by atoms with Gasteiger partial charge < -0.3 is 9.73 Å². The van der Waals surface area contributed by atoms with Gasteiger partial charge in [-0.05, 0) is 29.8 Å². The van der Waals surface area contributed by atoms with Crippen molar-refractivity contribution in [2.75, 3.05) is 5.32 Å². The molecule has 0 saturated carbocycles. The summed E-state index contributed by atoms with van der Waals surface area (Å²) in [5.41, 5.74) is 1.80. The maximum absolute atomic E-state index is 11.4. The summed E-state index contributed by atoms with van der Waals surface area (Å²) >= 11 is 0. The van der Waals surface area contributed by atoms with E-state index in [4.69, 9.17) is 9.68 Å². The molecule has 0 saturated heterocycles. The summed E-state index contributed by atoms with van der Waals surface area (Å²) in [6.07, 6.45) is 1.46. The maximum Gasteiger partial charge on any atom is 0.336 e. The topological polar surface area (TPSA) is 120 Å². The van der Waals surface area contributed by atoms with Crippen molar-refractivity contribution in [1.29, 1.82) is 5.26 Å². The number of aryl methyl sites for hydroxylation is 1. The van der Waals surface area contributed by atoms with E-state index in [-0.39, 0.29) is 11.4 Å². The molecule has 0 spiro atoms. The normalized spacial score (nSPS) is 11.4. The van der Waals surface area contributed by atoms with Crippen molar-refractivity contribution in [2.45, 2.75) is 6.92 Å². The van der Waals surface area contributed by atoms with Crippen LogP contribution in [0.5, 0.6) is 0 Å². The maximum atomic E-state index is 11.4. The molecule has 108 valence electrons. The van der Waals surface area contributed by atoms with Gasteiger partial charge in [-0.3, -0.25) is 0 Å². The number of H-pyrrole nitrogens is 1. The molecule has 0 aliphatic heterocycles. The molecule has 8 heteroatoms. The van der Waals surface area contributed by atoms with Crippen LogP contribution in [0, 0.1) is 18.3 Å². The molecule has 0 radical (unpaired) electrons. The van der Waals surface area contributed by atoms with Crippen molar-refractivity contribution in [2.24, 2.45) is 0 Å². The average Bonchev–Trinajstić information content (AvgIpc) is 3.01. The monoisotopic (exact) mass is 294 g/mol. The highest BCUT2D eigenvalue weighted by Gasteiger charge is 2.06. The third-order valence-electron chi connectivity index (χ3n) is 3.04. The number of tetrazole rings is 1. The number of nitrogens with one attached hydrogen (secondary N) is 2. The Balaban J connectivity index is 1.95. The van der Waals surface area contributed by atoms with E-state index in [9.17, 15) is 4.79 Å². The molecular weight excluding hydrogens is 284 g/mol. The first-order valence-corrected chi connectivity index (χ1v) is 6.32. The highest BCUT2D eigenvalue weighted by atomic mass is 16.4. The standard InChI is InChI=1S/C14H10N6O2/c1-8-4-13(21)22-12-5-10(2-3-11(8)12)16-7-9(6-15)14-17-19-20-18-14/h2-5,7,16H,1H3,(H,17,18,19,20). The first kappa shape index (κ1) is 13.5. The fraction of sp³-hybridized carbons (Fsp3) is 0.0714. The van der Waals surface area contributed by atoms with Gasteiger partial charge in [0.15, 0.2) is 0 Å². The lowest BCUT2D eigenvalue weighted by Crippen LogP contribution is -1.98. The Morgan fingerprint density at radius 1 is 1.45 bits per heavy atom. The van der Waals surface area contributed by atoms with Crippen LogP contribution in [0.3, 0.4) is 0 Å². The molecule has 2 N–H and O–H groups in total. The predicted molar refractivity (Wildman–Crippen MR) is 78.6 cm³/mol. The molecule has 3 rings (SSSR count). The summed E-state index contributed by atoms with van der Waals surface area (Å²) in [6, 6.07) is 8.75. The van der Waals surface area contributed by atoms with Gasteiger partial charge in [-0.15, -0.1) is 10.2 Å². The fourth-order valence-electron chi connectivity index (χ4n) is 1.99. The zero-order chi connectivity index (χ0) is 15.5. The van der Waals surface area contributed by atoms with Gasteiger partial charge in [0, 0.05) is 29.4 Å². The smallest absolute Gasteiger partial charge is 0.336 e. The van der Waals surface area contributed by atoms with Crippen molar-refractivity contribution in [1.82, 2.24) is 20.6 Å². The van der Waals surface area contributed by atoms with Crippen LogP contribution < -0.4 is 10.9 Å². The van der Waals surface area contributed by atoms with E-state index in [1.54, 1.807) is 6.07 Å². The second-order valence-corrected chi connectivity index (χ2v) is 4.51. The SMILES string of the molecule is Cc1cc(=O)oc2cc(NC=C(C#N)c3nn[nH]n3)ccc12. The number of nitrogens with zero attached hydrogens (tertiary/aromatic N) is 4. The third kappa shape index (κ3) is 2.55. The number of benzene rings is 1. The van der Waals surface area contributed by atoms with Crippen molar-refractivity contribution in [3.63, 3.8) is 0 Å². The van der Waals surface area contributed by atoms with Crippen molar-refractivity contribution in [3.05, 3.63) is 52.3 Å². The molecule has 22 heavy (non-hydrogen) atoms. The van der Waals surface area contributed by atoms with E-state index < -0.39 is 5.63 Å². The molecule has 0 aliphatic rings. The molecule has 1 aromatic carbocycles. The van der Waals surface area contributed by atoms with Crippen LogP contribution in [-0.4, -0.2) is 20.6 Å². The van der Waals surface area contributed by atoms with Gasteiger partial charge in [0.25, 0.3) is 0 Å². The van der Waals surface area contributed by atoms with Crippen LogP contribution in [0.4, 0.5) is 5.69 Å². The van der Waals surface area contributed by atoms with E-state index in [1.165, 1.54) is 12.3 Å². The second-order valence-electron chi connectivity index (χ2n) is 4.51. The highest BCUT2D eigenvalue weighted by molar-refractivity contribution is 5.84. The number of aromatic amines is 1. The molecular formula is C14H10N6O2. The molecule has 0 aliphatic carbocycles. The Morgan fingerprint density at radius 2 is 2.32 bits per heavy atom. The van der Waals surface area contributed by atoms with E-state index in [0.29, 0.717) is 11.3 Å². The lowest BCUT2D eigenvalue weighted by Gasteiger charge is -2.04. The average molecular weight is 294 g/mol. The van der Waals surface area contributed by atoms with Crippen LogP contribution in [0.1, 0.15) is 11.4 Å². The van der Waals surface area contributed by atoms with Crippen molar-refractivity contribution < 1.29 is 4.42 Å². The quantitative estimate of drug-likeness (QED) is 0.555. The molecule has 0 fully saturated rings. The van der Waals surface area contributed by atoms with E-state index in [0.717, 1.165) is 10.9 Å². The largest absolute Gasteiger partial charge is 0.423 e. The molecule has 2 aromatic heterocycles. The van der Waals surface area contributed by atoms with Gasteiger partial charge >= 0.3 is 5.63 Å². The predicted octanol–water partition coefficient (Wildman–Crippen LogP) is 1.59. The Labute approximate surface area is 124 Å². The zero-order valence-corrected chi connectivity index (χ0v) is 11.5. The van der Waals surface area contributed by atoms with E-state index in [2.05, 4.69) is 25.9 Å². The number of allylic oxidation sites excluding steroid dienone is 1. The fourth-order valence-corrected chi connectivity index (χ4v) is 1.99. The summed E-state index contributed by atoms with van der Waals surface area (Å²) in [4.78, 5) is 11.4. The number of nitriles is 1. The zero-order valence-electron chi connectivity index (χ0n) is 11.5. The number of fused-ring (bicyclic) bond motifs is 1. The Bertz CT molecular complexity index is 950. The number of rotatable bonds is 3. The molecule has 0 unspecified atom stereocenters. The molecule has 0 bridgehead atoms. The Morgan fingerprint density at radius 3 is 3.05 bits per heavy atom. The molecule has 2 heterocycles. The van der Waals surface area contributed by atoms with Gasteiger partial charge in [-0.1, -0.05) is 0 Å². The van der Waals surface area contributed by atoms with Crippen LogP contribution in [0.25, 0.3) is 16.5 Å². The lowest BCUT2D eigenvalue weighted by atomic mass is 10.1. The summed E-state index contributed by atoms with van der Waals surface area (Å²) in [7, 11) is 0. The third-order valence-corrected chi connectivity index (χ3v) is 3.04. The molecule has 0 amide bonds. The van der Waals surface area contributed by atoms with Gasteiger partial charge in [0.2, 0.25) is 5.82 Å². The van der Waals surface area contributed by atoms with E-state index >= 15 is 0 Å². The number of aromatic nitrogens is 4. The van der Waals surface area contributed by atoms with Crippen molar-refractivity contribution in [3.8, 4) is 6.07 Å². The highest BCUT2D eigenvalue weighted by Crippen LogP contribution is 2.21. The van der Waals surface area contributed by atoms with Crippen molar-refractivity contribution >= 4 is 22.2 Å². The van der Waals surface area contributed by atoms with Crippen LogP contribution >= 0.6 is 0 Å². The second kappa shape index (κ2) is 5.49. The minimum atomic E-state index is -0.401. The Hall–Kier alpha value is -3.47. The first-order valence-electron chi connectivity index (χ1n) is 6.32. The summed E-state index contributed by atoms with van der Waals surface area (Å²) in [6.45, 7) is 1.84. The van der Waals surface area contributed by atoms with Gasteiger partial charge in [0.05, 0.1) is 0 Å². The van der Waals surface area contributed by atoms with Gasteiger partial charge in [0.1, 0.15) is 17.2 Å². The van der Waals surface area contributed by atoms with Crippen LogP contribution in [0.2, 0.25) is 0 Å². The number of hydrogen-bond donors (Lipinski definition) is 2. The molecule has 0 atom stereocenters. The Kier molecular flexibility index (Phi) is 3.37. The minimum Gasteiger partial charge on any atom is -0.423 e. The van der Waals surface area contributed by atoms with Crippen LogP contribution in [0.15, 0.2) is 39.7 Å². The summed E-state index contributed by atoms with van der Waals surface area (Å²) in [5, 5.41) is 26.0. The lowest BCUT2D eigenvalue weighted by molar-refractivity contribution is 0.560.